The van der Waals surface area contributed by atoms with Crippen LogP contribution in [0, 0.1) is 0 Å². The van der Waals surface area contributed by atoms with E-state index in [2.05, 4.69) is 26.0 Å². The number of esters is 2. The van der Waals surface area contributed by atoms with E-state index in [0.717, 1.165) is 51.4 Å². The van der Waals surface area contributed by atoms with Crippen molar-refractivity contribution in [3.8, 4) is 0 Å². The largest absolute Gasteiger partial charge is 0.472 e. The van der Waals surface area contributed by atoms with Gasteiger partial charge in [0.25, 0.3) is 0 Å². The van der Waals surface area contributed by atoms with Gasteiger partial charge in [0.2, 0.25) is 0 Å². The number of ether oxygens (including phenoxy) is 2. The fraction of sp³-hybridized carbons (Fsp3) is 0.900. The molecule has 9 nitrogen and oxygen atoms in total. The Morgan fingerprint density at radius 3 is 1.48 bits per heavy atom. The maximum atomic E-state index is 12.6. The number of quaternary nitrogens is 1. The first-order chi connectivity index (χ1) is 24.0. The predicted molar refractivity (Wildman–Crippen MR) is 206 cm³/mol. The number of carbonyl (C=O) groups excluding carboxylic acids is 2. The Kier molecular flexibility index (Phi) is 32.7. The molecule has 0 aromatic rings. The minimum absolute atomic E-state index is 0.0329. The van der Waals surface area contributed by atoms with Crippen molar-refractivity contribution in [1.29, 1.82) is 0 Å². The van der Waals surface area contributed by atoms with Gasteiger partial charge in [-0.05, 0) is 38.5 Å². The zero-order valence-electron chi connectivity index (χ0n) is 33.1. The fourth-order valence-electron chi connectivity index (χ4n) is 5.54. The van der Waals surface area contributed by atoms with Gasteiger partial charge in [0.05, 0.1) is 27.7 Å². The maximum absolute atomic E-state index is 12.6. The van der Waals surface area contributed by atoms with E-state index < -0.39 is 26.5 Å². The van der Waals surface area contributed by atoms with Crippen LogP contribution in [-0.4, -0.2) is 74.9 Å². The second kappa shape index (κ2) is 33.6. The molecule has 0 amide bonds. The summed E-state index contributed by atoms with van der Waals surface area (Å²) < 4.78 is 34.2. The SMILES string of the molecule is CCCCCCCC/C=C/CCCCCCCC(=O)O[C@H](COC(=O)CCCCCCCCCCCCC)COP(=O)(O)OCC[N+](C)(C)C. The highest BCUT2D eigenvalue weighted by Gasteiger charge is 2.27. The Morgan fingerprint density at radius 2 is 1.02 bits per heavy atom. The van der Waals surface area contributed by atoms with Crippen LogP contribution >= 0.6 is 7.82 Å². The molecule has 10 heteroatoms. The molecule has 0 spiro atoms. The van der Waals surface area contributed by atoms with Gasteiger partial charge in [-0.15, -0.1) is 0 Å². The van der Waals surface area contributed by atoms with E-state index in [0.29, 0.717) is 23.9 Å². The monoisotopic (exact) mass is 733 g/mol. The summed E-state index contributed by atoms with van der Waals surface area (Å²) in [5.41, 5.74) is 0. The third-order valence-electron chi connectivity index (χ3n) is 8.80. The summed E-state index contributed by atoms with van der Waals surface area (Å²) >= 11 is 0. The molecule has 0 aliphatic carbocycles. The molecule has 0 aliphatic rings. The number of phosphoric ester groups is 1. The van der Waals surface area contributed by atoms with Gasteiger partial charge in [-0.1, -0.05) is 142 Å². The minimum Gasteiger partial charge on any atom is -0.462 e. The van der Waals surface area contributed by atoms with Crippen LogP contribution < -0.4 is 0 Å². The quantitative estimate of drug-likeness (QED) is 0.0221. The van der Waals surface area contributed by atoms with Crippen LogP contribution in [0.15, 0.2) is 12.2 Å². The Hall–Kier alpha value is -1.25. The molecule has 1 N–H and O–H groups in total. The van der Waals surface area contributed by atoms with E-state index in [1.807, 2.05) is 21.1 Å². The van der Waals surface area contributed by atoms with Crippen molar-refractivity contribution < 1.29 is 42.1 Å². The maximum Gasteiger partial charge on any atom is 0.472 e. The van der Waals surface area contributed by atoms with E-state index >= 15 is 0 Å². The topological polar surface area (TPSA) is 108 Å². The zero-order valence-corrected chi connectivity index (χ0v) is 34.0. The molecule has 0 aromatic carbocycles. The van der Waals surface area contributed by atoms with Crippen LogP contribution in [0.3, 0.4) is 0 Å². The van der Waals surface area contributed by atoms with Crippen LogP contribution in [0.1, 0.15) is 181 Å². The number of unbranched alkanes of at least 4 members (excludes halogenated alkanes) is 21. The van der Waals surface area contributed by atoms with Gasteiger partial charge in [-0.2, -0.15) is 0 Å². The summed E-state index contributed by atoms with van der Waals surface area (Å²) in [6.45, 7) is 4.40. The average Bonchev–Trinajstić information content (AvgIpc) is 3.06. The van der Waals surface area contributed by atoms with Gasteiger partial charge < -0.3 is 18.9 Å². The summed E-state index contributed by atoms with van der Waals surface area (Å²) in [5, 5.41) is 0. The Labute approximate surface area is 307 Å². The van der Waals surface area contributed by atoms with Crippen LogP contribution in [0.2, 0.25) is 0 Å². The van der Waals surface area contributed by atoms with E-state index in [1.165, 1.54) is 96.3 Å². The molecule has 0 saturated carbocycles. The average molecular weight is 733 g/mol. The third-order valence-corrected chi connectivity index (χ3v) is 9.78. The second-order valence-electron chi connectivity index (χ2n) is 15.0. The lowest BCUT2D eigenvalue weighted by molar-refractivity contribution is -0.870. The third kappa shape index (κ3) is 36.5. The van der Waals surface area contributed by atoms with Gasteiger partial charge in [0, 0.05) is 12.8 Å². The molecular formula is C40H79NO8P+. The molecule has 0 rings (SSSR count). The van der Waals surface area contributed by atoms with Crippen LogP contribution in [0.25, 0.3) is 0 Å². The number of carbonyl (C=O) groups is 2. The highest BCUT2D eigenvalue weighted by molar-refractivity contribution is 7.47. The van der Waals surface area contributed by atoms with E-state index in [9.17, 15) is 19.0 Å². The molecule has 0 aromatic heterocycles. The van der Waals surface area contributed by atoms with Crippen molar-refractivity contribution >= 4 is 19.8 Å². The summed E-state index contributed by atoms with van der Waals surface area (Å²) in [5.74, 6) is -0.804. The number of allylic oxidation sites excluding steroid dienone is 2. The first-order valence-corrected chi connectivity index (χ1v) is 21.9. The number of likely N-dealkylation sites (N-methyl/N-ethyl adjacent to an activating group) is 1. The summed E-state index contributed by atoms with van der Waals surface area (Å²) in [6, 6.07) is 0. The fourth-order valence-corrected chi connectivity index (χ4v) is 6.28. The van der Waals surface area contributed by atoms with Crippen molar-refractivity contribution in [2.24, 2.45) is 0 Å². The van der Waals surface area contributed by atoms with Crippen molar-refractivity contribution in [1.82, 2.24) is 0 Å². The predicted octanol–water partition coefficient (Wildman–Crippen LogP) is 11.0. The van der Waals surface area contributed by atoms with E-state index in [4.69, 9.17) is 18.5 Å². The van der Waals surface area contributed by atoms with E-state index in [-0.39, 0.29) is 25.6 Å². The standard InChI is InChI=1S/C40H78NO8P/c1-6-8-10-12-14-16-18-19-20-21-23-25-27-29-31-33-40(43)49-38(37-48-50(44,45)47-35-34-41(3,4)5)36-46-39(42)32-30-28-26-24-22-17-15-13-11-9-7-2/h19-20,38H,6-18,21-37H2,1-5H3/p+1/b20-19+/t38-/m1/s1. The molecule has 0 heterocycles. The number of nitrogens with zero attached hydrogens (tertiary/aromatic N) is 1. The molecule has 0 saturated heterocycles. The van der Waals surface area contributed by atoms with Crippen molar-refractivity contribution in [3.05, 3.63) is 12.2 Å². The molecule has 1 unspecified atom stereocenters. The number of rotatable bonds is 37. The Morgan fingerprint density at radius 1 is 0.600 bits per heavy atom. The van der Waals surface area contributed by atoms with Crippen LogP contribution in [0.4, 0.5) is 0 Å². The summed E-state index contributed by atoms with van der Waals surface area (Å²) in [6.07, 6.45) is 32.5. The molecule has 296 valence electrons. The van der Waals surface area contributed by atoms with Gasteiger partial charge in [0.1, 0.15) is 19.8 Å². The first kappa shape index (κ1) is 48.8. The van der Waals surface area contributed by atoms with Gasteiger partial charge in [-0.3, -0.25) is 18.6 Å². The van der Waals surface area contributed by atoms with Crippen LogP contribution in [-0.2, 0) is 32.7 Å². The van der Waals surface area contributed by atoms with Crippen molar-refractivity contribution in [2.45, 2.75) is 187 Å². The Balaban J connectivity index is 4.40. The summed E-state index contributed by atoms with van der Waals surface area (Å²) in [7, 11) is 1.48. The summed E-state index contributed by atoms with van der Waals surface area (Å²) in [4.78, 5) is 35.2. The molecule has 0 bridgehead atoms. The highest BCUT2D eigenvalue weighted by atomic mass is 31.2. The van der Waals surface area contributed by atoms with Crippen LogP contribution in [0.5, 0.6) is 0 Å². The number of hydrogen-bond acceptors (Lipinski definition) is 7. The molecule has 0 aliphatic heterocycles. The van der Waals surface area contributed by atoms with E-state index in [1.54, 1.807) is 0 Å². The normalized spacial score (nSPS) is 13.8. The molecule has 0 fully saturated rings. The number of hydrogen-bond donors (Lipinski definition) is 1. The molecule has 50 heavy (non-hydrogen) atoms. The first-order valence-electron chi connectivity index (χ1n) is 20.4. The molecule has 0 radical (unpaired) electrons. The smallest absolute Gasteiger partial charge is 0.462 e. The minimum atomic E-state index is -4.36. The zero-order chi connectivity index (χ0) is 37.2. The second-order valence-corrected chi connectivity index (χ2v) is 16.5. The van der Waals surface area contributed by atoms with Gasteiger partial charge in [0.15, 0.2) is 6.10 Å². The van der Waals surface area contributed by atoms with Crippen molar-refractivity contribution in [2.75, 3.05) is 47.5 Å². The lowest BCUT2D eigenvalue weighted by Crippen LogP contribution is -2.37. The highest BCUT2D eigenvalue weighted by Crippen LogP contribution is 2.43. The van der Waals surface area contributed by atoms with Gasteiger partial charge >= 0.3 is 19.8 Å². The van der Waals surface area contributed by atoms with Gasteiger partial charge in [-0.25, -0.2) is 4.57 Å². The number of phosphoric acid groups is 1. The lowest BCUT2D eigenvalue weighted by atomic mass is 10.1. The molecule has 2 atom stereocenters. The lowest BCUT2D eigenvalue weighted by Gasteiger charge is -2.24. The molecular weight excluding hydrogens is 653 g/mol. The van der Waals surface area contributed by atoms with Crippen molar-refractivity contribution in [3.63, 3.8) is 0 Å². The Bertz CT molecular complexity index is 876.